The number of carbonyl (C=O) groups is 1. The summed E-state index contributed by atoms with van der Waals surface area (Å²) in [5.41, 5.74) is 5.01. The van der Waals surface area contributed by atoms with E-state index in [9.17, 15) is 4.79 Å². The van der Waals surface area contributed by atoms with Crippen LogP contribution in [0.25, 0.3) is 0 Å². The highest BCUT2D eigenvalue weighted by Gasteiger charge is 2.28. The minimum absolute atomic E-state index is 0.0229. The largest absolute Gasteiger partial charge is 0.385 e. The van der Waals surface area contributed by atoms with Crippen LogP contribution >= 0.6 is 0 Å². The fourth-order valence-corrected chi connectivity index (χ4v) is 3.82. The lowest BCUT2D eigenvalue weighted by molar-refractivity contribution is -0.115. The Balaban J connectivity index is 1.31. The number of hydrogen-bond donors (Lipinski definition) is 2. The van der Waals surface area contributed by atoms with Gasteiger partial charge in [-0.2, -0.15) is 0 Å². The Bertz CT molecular complexity index is 890. The third-order valence-electron chi connectivity index (χ3n) is 5.49. The molecule has 29 heavy (non-hydrogen) atoms. The smallest absolute Gasteiger partial charge is 0.237 e. The van der Waals surface area contributed by atoms with Gasteiger partial charge in [-0.25, -0.2) is 0 Å². The molecule has 4 rings (SSSR count). The summed E-state index contributed by atoms with van der Waals surface area (Å²) < 4.78 is 5.39. The van der Waals surface area contributed by atoms with Crippen LogP contribution in [0.4, 0.5) is 17.1 Å². The predicted octanol–water partition coefficient (Wildman–Crippen LogP) is 3.57. The number of rotatable bonds is 7. The maximum Gasteiger partial charge on any atom is 0.237 e. The molecule has 1 unspecified atom stereocenters. The van der Waals surface area contributed by atoms with Crippen LogP contribution in [0, 0.1) is 6.92 Å². The first-order valence-corrected chi connectivity index (χ1v) is 10.3. The number of aryl methyl sites for hydroxylation is 1. The zero-order chi connectivity index (χ0) is 20.1. The molecule has 2 aromatic rings. The molecule has 0 saturated carbocycles. The highest BCUT2D eigenvalue weighted by molar-refractivity contribution is 6.12. The van der Waals surface area contributed by atoms with Crippen LogP contribution in [0.1, 0.15) is 23.5 Å². The van der Waals surface area contributed by atoms with E-state index >= 15 is 0 Å². The zero-order valence-electron chi connectivity index (χ0n) is 16.9. The quantitative estimate of drug-likeness (QED) is 0.558. The lowest BCUT2D eigenvalue weighted by Crippen LogP contribution is -2.37. The Morgan fingerprint density at radius 1 is 1.24 bits per heavy atom. The number of para-hydroxylation sites is 1. The lowest BCUT2D eigenvalue weighted by atomic mass is 10.0. The van der Waals surface area contributed by atoms with Crippen molar-refractivity contribution >= 4 is 29.2 Å². The number of carbonyl (C=O) groups excluding carboxylic acids is 1. The Morgan fingerprint density at radius 3 is 2.90 bits per heavy atom. The summed E-state index contributed by atoms with van der Waals surface area (Å²) in [5.74, 6) is -0.352. The predicted molar refractivity (Wildman–Crippen MR) is 118 cm³/mol. The normalized spacial score (nSPS) is 19.3. The molecule has 6 heteroatoms. The fraction of sp³-hybridized carbons (Fsp3) is 0.391. The second-order valence-electron chi connectivity index (χ2n) is 7.57. The number of amides is 1. The van der Waals surface area contributed by atoms with Crippen LogP contribution in [0.3, 0.4) is 0 Å². The first-order chi connectivity index (χ1) is 14.2. The van der Waals surface area contributed by atoms with Gasteiger partial charge in [0.2, 0.25) is 5.91 Å². The molecule has 2 heterocycles. The van der Waals surface area contributed by atoms with Crippen molar-refractivity contribution in [3.8, 4) is 0 Å². The Labute approximate surface area is 172 Å². The van der Waals surface area contributed by atoms with Crippen molar-refractivity contribution in [1.29, 1.82) is 0 Å². The molecule has 6 nitrogen and oxygen atoms in total. The standard InChI is InChI=1S/C23H28N4O2/c1-17-15-18(25-16-20-19-5-2-3-6-22(19)26-23(20)28)7-8-21(17)24-9-4-10-27-11-13-29-14-12-27/h2-3,5-8,15-16,20,24H,4,9-14H2,1H3,(H,26,28). The van der Waals surface area contributed by atoms with Gasteiger partial charge >= 0.3 is 0 Å². The Kier molecular flexibility index (Phi) is 6.22. The van der Waals surface area contributed by atoms with Gasteiger partial charge in [-0.1, -0.05) is 18.2 Å². The summed E-state index contributed by atoms with van der Waals surface area (Å²) in [7, 11) is 0. The van der Waals surface area contributed by atoms with Crippen LogP contribution in [-0.2, 0) is 9.53 Å². The second-order valence-corrected chi connectivity index (χ2v) is 7.57. The van der Waals surface area contributed by atoms with Gasteiger partial charge in [-0.15, -0.1) is 0 Å². The highest BCUT2D eigenvalue weighted by atomic mass is 16.5. The van der Waals surface area contributed by atoms with Crippen LogP contribution in [0.15, 0.2) is 47.5 Å². The molecule has 0 radical (unpaired) electrons. The van der Waals surface area contributed by atoms with Gasteiger partial charge in [0, 0.05) is 37.2 Å². The molecule has 152 valence electrons. The van der Waals surface area contributed by atoms with E-state index in [4.69, 9.17) is 4.74 Å². The van der Waals surface area contributed by atoms with Crippen LogP contribution in [0.5, 0.6) is 0 Å². The Morgan fingerprint density at radius 2 is 2.07 bits per heavy atom. The maximum absolute atomic E-state index is 12.2. The molecule has 0 bridgehead atoms. The molecular formula is C23H28N4O2. The molecule has 1 fully saturated rings. The molecule has 2 aliphatic heterocycles. The van der Waals surface area contributed by atoms with E-state index in [-0.39, 0.29) is 11.8 Å². The zero-order valence-corrected chi connectivity index (χ0v) is 16.9. The third-order valence-corrected chi connectivity index (χ3v) is 5.49. The summed E-state index contributed by atoms with van der Waals surface area (Å²) in [6.07, 6.45) is 2.85. The molecule has 2 N–H and O–H groups in total. The average molecular weight is 393 g/mol. The molecule has 2 aliphatic rings. The first-order valence-electron chi connectivity index (χ1n) is 10.3. The summed E-state index contributed by atoms with van der Waals surface area (Å²) in [6.45, 7) is 7.90. The molecule has 0 aliphatic carbocycles. The number of fused-ring (bicyclic) bond motifs is 1. The van der Waals surface area contributed by atoms with Crippen LogP contribution < -0.4 is 10.6 Å². The van der Waals surface area contributed by atoms with Crippen molar-refractivity contribution in [3.63, 3.8) is 0 Å². The molecule has 1 atom stereocenters. The van der Waals surface area contributed by atoms with Crippen molar-refractivity contribution < 1.29 is 9.53 Å². The van der Waals surface area contributed by atoms with Gasteiger partial charge in [0.15, 0.2) is 0 Å². The highest BCUT2D eigenvalue weighted by Crippen LogP contribution is 2.31. The van der Waals surface area contributed by atoms with E-state index in [0.29, 0.717) is 0 Å². The number of morpholine rings is 1. The summed E-state index contributed by atoms with van der Waals surface area (Å²) in [5, 5.41) is 6.43. The van der Waals surface area contributed by atoms with Crippen LogP contribution in [0.2, 0.25) is 0 Å². The van der Waals surface area contributed by atoms with E-state index in [0.717, 1.165) is 74.0 Å². The van der Waals surface area contributed by atoms with Gasteiger partial charge in [-0.3, -0.25) is 14.7 Å². The molecule has 2 aromatic carbocycles. The van der Waals surface area contributed by atoms with E-state index in [2.05, 4.69) is 39.6 Å². The van der Waals surface area contributed by atoms with Gasteiger partial charge < -0.3 is 15.4 Å². The summed E-state index contributed by atoms with van der Waals surface area (Å²) in [4.78, 5) is 19.2. The molecule has 1 saturated heterocycles. The Hall–Kier alpha value is -2.70. The number of hydrogen-bond acceptors (Lipinski definition) is 5. The summed E-state index contributed by atoms with van der Waals surface area (Å²) >= 11 is 0. The van der Waals surface area contributed by atoms with Gasteiger partial charge in [0.25, 0.3) is 0 Å². The minimum Gasteiger partial charge on any atom is -0.385 e. The van der Waals surface area contributed by atoms with Crippen molar-refractivity contribution in [2.75, 3.05) is 50.0 Å². The van der Waals surface area contributed by atoms with Gasteiger partial charge in [-0.05, 0) is 55.3 Å². The van der Waals surface area contributed by atoms with Gasteiger partial charge in [0.1, 0.15) is 5.92 Å². The van der Waals surface area contributed by atoms with Crippen molar-refractivity contribution in [1.82, 2.24) is 4.90 Å². The van der Waals surface area contributed by atoms with Crippen molar-refractivity contribution in [2.24, 2.45) is 4.99 Å². The number of ether oxygens (including phenoxy) is 1. The number of aliphatic imine (C=N–C) groups is 1. The summed E-state index contributed by atoms with van der Waals surface area (Å²) in [6, 6.07) is 13.9. The maximum atomic E-state index is 12.2. The fourth-order valence-electron chi connectivity index (χ4n) is 3.82. The monoisotopic (exact) mass is 392 g/mol. The number of nitrogens with one attached hydrogen (secondary N) is 2. The third kappa shape index (κ3) is 4.83. The average Bonchev–Trinajstić information content (AvgIpc) is 3.06. The van der Waals surface area contributed by atoms with E-state index in [1.165, 1.54) is 0 Å². The second kappa shape index (κ2) is 9.20. The van der Waals surface area contributed by atoms with E-state index in [1.54, 1.807) is 6.21 Å². The number of benzene rings is 2. The molecule has 1 amide bonds. The van der Waals surface area contributed by atoms with E-state index in [1.807, 2.05) is 30.3 Å². The topological polar surface area (TPSA) is 66.0 Å². The number of anilines is 2. The lowest BCUT2D eigenvalue weighted by Gasteiger charge is -2.26. The SMILES string of the molecule is Cc1cc(N=CC2C(=O)Nc3ccccc32)ccc1NCCCN1CCOCC1. The van der Waals surface area contributed by atoms with Crippen molar-refractivity contribution in [3.05, 3.63) is 53.6 Å². The van der Waals surface area contributed by atoms with Crippen molar-refractivity contribution in [2.45, 2.75) is 19.3 Å². The van der Waals surface area contributed by atoms with E-state index < -0.39 is 0 Å². The first kappa shape index (κ1) is 19.6. The van der Waals surface area contributed by atoms with Crippen LogP contribution in [-0.4, -0.2) is 56.4 Å². The van der Waals surface area contributed by atoms with Gasteiger partial charge in [0.05, 0.1) is 18.9 Å². The molecule has 0 spiro atoms. The minimum atomic E-state index is -0.329. The molecular weight excluding hydrogens is 364 g/mol. The molecule has 0 aromatic heterocycles. The number of nitrogens with zero attached hydrogens (tertiary/aromatic N) is 2.